The zero-order chi connectivity index (χ0) is 19.6. The molecule has 2 atom stereocenters. The molecule has 0 spiro atoms. The highest BCUT2D eigenvalue weighted by Crippen LogP contribution is 2.04. The average Bonchev–Trinajstić information content (AvgIpc) is 2.60. The van der Waals surface area contributed by atoms with Crippen LogP contribution in [0.3, 0.4) is 0 Å². The summed E-state index contributed by atoms with van der Waals surface area (Å²) in [5, 5.41) is 19.6. The van der Waals surface area contributed by atoms with E-state index in [1.165, 1.54) is 12.8 Å². The van der Waals surface area contributed by atoms with Crippen molar-refractivity contribution in [3.05, 3.63) is 36.5 Å². The summed E-state index contributed by atoms with van der Waals surface area (Å²) < 4.78 is 0. The van der Waals surface area contributed by atoms with Crippen LogP contribution in [-0.2, 0) is 4.79 Å². The summed E-state index contributed by atoms with van der Waals surface area (Å²) in [5.74, 6) is 6.15. The molecular formula is C22H35NO3. The van der Waals surface area contributed by atoms with Gasteiger partial charge in [0.15, 0.2) is 0 Å². The lowest BCUT2D eigenvalue weighted by molar-refractivity contribution is -0.128. The molecule has 4 nitrogen and oxygen atoms in total. The number of unbranched alkanes of at least 4 members (excludes halogenated alkanes) is 3. The van der Waals surface area contributed by atoms with E-state index in [0.717, 1.165) is 12.8 Å². The van der Waals surface area contributed by atoms with Gasteiger partial charge in [0.2, 0.25) is 5.91 Å². The summed E-state index contributed by atoms with van der Waals surface area (Å²) in [6, 6.07) is 0. The maximum atomic E-state index is 11.4. The molecule has 0 bridgehead atoms. The smallest absolute Gasteiger partial charge is 0.222 e. The molecule has 2 unspecified atom stereocenters. The van der Waals surface area contributed by atoms with Crippen molar-refractivity contribution >= 4 is 5.91 Å². The van der Waals surface area contributed by atoms with E-state index in [9.17, 15) is 15.0 Å². The van der Waals surface area contributed by atoms with Crippen LogP contribution in [0.25, 0.3) is 0 Å². The number of hydrogen-bond donors (Lipinski definition) is 2. The van der Waals surface area contributed by atoms with Gasteiger partial charge in [-0.05, 0) is 19.3 Å². The minimum atomic E-state index is -0.554. The van der Waals surface area contributed by atoms with Gasteiger partial charge in [-0.25, -0.2) is 0 Å². The quantitative estimate of drug-likeness (QED) is 0.317. The molecule has 0 aromatic heterocycles. The molecule has 0 aliphatic rings. The van der Waals surface area contributed by atoms with Crippen LogP contribution in [0.5, 0.6) is 0 Å². The first-order chi connectivity index (χ1) is 12.5. The Kier molecular flexibility index (Phi) is 15.5. The van der Waals surface area contributed by atoms with Gasteiger partial charge in [-0.2, -0.15) is 0 Å². The van der Waals surface area contributed by atoms with E-state index in [-0.39, 0.29) is 5.91 Å². The summed E-state index contributed by atoms with van der Waals surface area (Å²) in [4.78, 5) is 13.0. The summed E-state index contributed by atoms with van der Waals surface area (Å²) in [6.45, 7) is 2.17. The highest BCUT2D eigenvalue weighted by Gasteiger charge is 2.05. The Bertz CT molecular complexity index is 509. The molecule has 0 heterocycles. The first-order valence-electron chi connectivity index (χ1n) is 9.51. The zero-order valence-electron chi connectivity index (χ0n) is 16.5. The van der Waals surface area contributed by atoms with E-state index >= 15 is 0 Å². The fourth-order valence-corrected chi connectivity index (χ4v) is 2.09. The molecule has 0 radical (unpaired) electrons. The number of carbonyl (C=O) groups is 1. The Labute approximate surface area is 159 Å². The van der Waals surface area contributed by atoms with Gasteiger partial charge in [-0.1, -0.05) is 56.2 Å². The van der Waals surface area contributed by atoms with E-state index in [1.807, 2.05) is 0 Å². The summed E-state index contributed by atoms with van der Waals surface area (Å²) in [5.41, 5.74) is 0. The third-order valence-corrected chi connectivity index (χ3v) is 3.73. The molecule has 4 heteroatoms. The predicted molar refractivity (Wildman–Crippen MR) is 109 cm³/mol. The van der Waals surface area contributed by atoms with Crippen LogP contribution in [0.15, 0.2) is 36.5 Å². The topological polar surface area (TPSA) is 60.8 Å². The van der Waals surface area contributed by atoms with Crippen LogP contribution in [0.2, 0.25) is 0 Å². The van der Waals surface area contributed by atoms with Crippen molar-refractivity contribution in [2.24, 2.45) is 0 Å². The Balaban J connectivity index is 3.89. The van der Waals surface area contributed by atoms with Crippen molar-refractivity contribution in [2.45, 2.75) is 70.5 Å². The SMILES string of the molecule is CCCCCC#CCC(O)/C=C/C=C\C=C\C(O)CCCC(=O)N(C)C. The molecule has 0 aromatic carbocycles. The molecule has 0 aliphatic carbocycles. The highest BCUT2D eigenvalue weighted by molar-refractivity contribution is 5.75. The number of amides is 1. The van der Waals surface area contributed by atoms with E-state index in [4.69, 9.17) is 0 Å². The summed E-state index contributed by atoms with van der Waals surface area (Å²) in [7, 11) is 3.46. The second-order valence-electron chi connectivity index (χ2n) is 6.48. The van der Waals surface area contributed by atoms with Crippen molar-refractivity contribution in [1.82, 2.24) is 4.90 Å². The molecule has 0 fully saturated rings. The molecule has 146 valence electrons. The van der Waals surface area contributed by atoms with Crippen LogP contribution < -0.4 is 0 Å². The van der Waals surface area contributed by atoms with Gasteiger partial charge in [0, 0.05) is 33.4 Å². The van der Waals surface area contributed by atoms with Crippen molar-refractivity contribution in [3.8, 4) is 11.8 Å². The van der Waals surface area contributed by atoms with E-state index in [2.05, 4.69) is 18.8 Å². The van der Waals surface area contributed by atoms with Crippen molar-refractivity contribution in [3.63, 3.8) is 0 Å². The van der Waals surface area contributed by atoms with E-state index < -0.39 is 12.2 Å². The minimum absolute atomic E-state index is 0.0791. The number of carbonyl (C=O) groups excluding carboxylic acids is 1. The number of allylic oxidation sites excluding steroid dienone is 4. The first kappa shape index (κ1) is 24.2. The van der Waals surface area contributed by atoms with Crippen molar-refractivity contribution < 1.29 is 15.0 Å². The van der Waals surface area contributed by atoms with Gasteiger partial charge in [0.05, 0.1) is 12.2 Å². The minimum Gasteiger partial charge on any atom is -0.389 e. The number of nitrogens with zero attached hydrogens (tertiary/aromatic N) is 1. The highest BCUT2D eigenvalue weighted by atomic mass is 16.3. The standard InChI is InChI=1S/C22H35NO3/c1-4-5-6-7-8-11-15-20(24)16-12-9-10-13-17-21(25)18-14-19-22(26)23(2)3/h9-10,12-13,16-17,20-21,24-25H,4-7,14-15,18-19H2,1-3H3/b10-9-,16-12+,17-13+. The van der Waals surface area contributed by atoms with Crippen LogP contribution in [0.4, 0.5) is 0 Å². The predicted octanol–water partition coefficient (Wildman–Crippen LogP) is 3.61. The molecule has 0 saturated heterocycles. The van der Waals surface area contributed by atoms with Gasteiger partial charge >= 0.3 is 0 Å². The van der Waals surface area contributed by atoms with Gasteiger partial charge in [0.25, 0.3) is 0 Å². The second-order valence-corrected chi connectivity index (χ2v) is 6.48. The number of aliphatic hydroxyl groups is 2. The molecule has 0 saturated carbocycles. The lowest BCUT2D eigenvalue weighted by Crippen LogP contribution is -2.21. The van der Waals surface area contributed by atoms with Gasteiger partial charge in [-0.3, -0.25) is 4.79 Å². The third kappa shape index (κ3) is 15.7. The second kappa shape index (κ2) is 16.6. The summed E-state index contributed by atoms with van der Waals surface area (Å²) in [6.07, 6.45) is 16.0. The Morgan fingerprint density at radius 1 is 0.962 bits per heavy atom. The Morgan fingerprint density at radius 3 is 2.23 bits per heavy atom. The maximum Gasteiger partial charge on any atom is 0.222 e. The monoisotopic (exact) mass is 361 g/mol. The van der Waals surface area contributed by atoms with Crippen LogP contribution in [-0.4, -0.2) is 47.3 Å². The average molecular weight is 362 g/mol. The van der Waals surface area contributed by atoms with E-state index in [0.29, 0.717) is 25.7 Å². The van der Waals surface area contributed by atoms with Crippen LogP contribution in [0, 0.1) is 11.8 Å². The molecule has 1 amide bonds. The molecule has 26 heavy (non-hydrogen) atoms. The van der Waals surface area contributed by atoms with E-state index in [1.54, 1.807) is 55.5 Å². The van der Waals surface area contributed by atoms with Crippen LogP contribution >= 0.6 is 0 Å². The third-order valence-electron chi connectivity index (χ3n) is 3.73. The van der Waals surface area contributed by atoms with Crippen molar-refractivity contribution in [2.75, 3.05) is 14.1 Å². The van der Waals surface area contributed by atoms with Gasteiger partial charge in [-0.15, -0.1) is 11.8 Å². The largest absolute Gasteiger partial charge is 0.389 e. The maximum absolute atomic E-state index is 11.4. The Morgan fingerprint density at radius 2 is 1.62 bits per heavy atom. The summed E-state index contributed by atoms with van der Waals surface area (Å²) >= 11 is 0. The molecular weight excluding hydrogens is 326 g/mol. The lowest BCUT2D eigenvalue weighted by atomic mass is 10.1. The normalized spacial score (nSPS) is 13.9. The fraction of sp³-hybridized carbons (Fsp3) is 0.591. The fourth-order valence-electron chi connectivity index (χ4n) is 2.09. The van der Waals surface area contributed by atoms with Gasteiger partial charge < -0.3 is 15.1 Å². The first-order valence-corrected chi connectivity index (χ1v) is 9.51. The van der Waals surface area contributed by atoms with Gasteiger partial charge in [0.1, 0.15) is 0 Å². The number of hydrogen-bond acceptors (Lipinski definition) is 3. The van der Waals surface area contributed by atoms with Crippen LogP contribution in [0.1, 0.15) is 58.3 Å². The lowest BCUT2D eigenvalue weighted by Gasteiger charge is -2.10. The molecule has 0 aromatic rings. The zero-order valence-corrected chi connectivity index (χ0v) is 16.5. The molecule has 2 N–H and O–H groups in total. The Hall–Kier alpha value is -1.83. The van der Waals surface area contributed by atoms with Crippen molar-refractivity contribution in [1.29, 1.82) is 0 Å². The molecule has 0 rings (SSSR count). The molecule has 0 aliphatic heterocycles. The number of aliphatic hydroxyl groups excluding tert-OH is 2. The number of rotatable bonds is 12.